The van der Waals surface area contributed by atoms with Crippen LogP contribution in [-0.4, -0.2) is 52.1 Å². The summed E-state index contributed by atoms with van der Waals surface area (Å²) < 4.78 is 10.5. The van der Waals surface area contributed by atoms with Crippen molar-refractivity contribution < 1.29 is 28.7 Å². The number of rotatable bonds is 3. The summed E-state index contributed by atoms with van der Waals surface area (Å²) in [7, 11) is 0. The van der Waals surface area contributed by atoms with Gasteiger partial charge < -0.3 is 9.47 Å². The Morgan fingerprint density at radius 1 is 1.00 bits per heavy atom. The molecule has 1 fully saturated rings. The van der Waals surface area contributed by atoms with Gasteiger partial charge in [-0.3, -0.25) is 14.9 Å². The maximum Gasteiger partial charge on any atom is 0.417 e. The molecule has 1 aromatic rings. The van der Waals surface area contributed by atoms with Gasteiger partial charge in [-0.05, 0) is 47.1 Å². The van der Waals surface area contributed by atoms with Gasteiger partial charge in [0.1, 0.15) is 11.2 Å². The second kappa shape index (κ2) is 7.85. The van der Waals surface area contributed by atoms with E-state index in [-0.39, 0.29) is 6.42 Å². The minimum atomic E-state index is -1.94. The molecule has 1 N–H and O–H groups in total. The van der Waals surface area contributed by atoms with Crippen LogP contribution in [-0.2, 0) is 25.5 Å². The zero-order valence-corrected chi connectivity index (χ0v) is 17.7. The van der Waals surface area contributed by atoms with Gasteiger partial charge in [0, 0.05) is 6.42 Å². The average molecular weight is 404 g/mol. The molecule has 0 saturated carbocycles. The number of carbonyl (C=O) groups excluding carboxylic acids is 4. The Morgan fingerprint density at radius 2 is 1.55 bits per heavy atom. The minimum absolute atomic E-state index is 0.107. The lowest BCUT2D eigenvalue weighted by molar-refractivity contribution is -0.134. The van der Waals surface area contributed by atoms with E-state index in [0.29, 0.717) is 5.56 Å². The summed E-state index contributed by atoms with van der Waals surface area (Å²) in [5.41, 5.74) is -2.96. The number of likely N-dealkylation sites (tertiary alicyclic amines) is 1. The monoisotopic (exact) mass is 404 g/mol. The Kier molecular flexibility index (Phi) is 6.06. The minimum Gasteiger partial charge on any atom is -0.444 e. The van der Waals surface area contributed by atoms with Crippen molar-refractivity contribution in [2.75, 3.05) is 6.54 Å². The summed E-state index contributed by atoms with van der Waals surface area (Å²) in [4.78, 5) is 51.8. The van der Waals surface area contributed by atoms with Gasteiger partial charge in [-0.1, -0.05) is 30.3 Å². The predicted octanol–water partition coefficient (Wildman–Crippen LogP) is 2.84. The number of amides is 3. The van der Waals surface area contributed by atoms with E-state index in [1.54, 1.807) is 71.9 Å². The van der Waals surface area contributed by atoms with E-state index in [1.807, 2.05) is 0 Å². The van der Waals surface area contributed by atoms with E-state index in [9.17, 15) is 19.2 Å². The van der Waals surface area contributed by atoms with Crippen molar-refractivity contribution in [1.29, 1.82) is 0 Å². The Bertz CT molecular complexity index is 807. The quantitative estimate of drug-likeness (QED) is 0.777. The maximum atomic E-state index is 13.2. The fourth-order valence-corrected chi connectivity index (χ4v) is 2.89. The molecule has 8 nitrogen and oxygen atoms in total. The van der Waals surface area contributed by atoms with E-state index >= 15 is 0 Å². The van der Waals surface area contributed by atoms with E-state index in [2.05, 4.69) is 5.32 Å². The lowest BCUT2D eigenvalue weighted by Gasteiger charge is -2.29. The number of ether oxygens (including phenoxy) is 2. The summed E-state index contributed by atoms with van der Waals surface area (Å²) in [6.07, 6.45) is -1.96. The van der Waals surface area contributed by atoms with Gasteiger partial charge in [0.25, 0.3) is 5.91 Å². The lowest BCUT2D eigenvalue weighted by atomic mass is 9.88. The fraction of sp³-hybridized carbons (Fsp3) is 0.524. The fourth-order valence-electron chi connectivity index (χ4n) is 2.89. The molecule has 8 heteroatoms. The first-order valence-electron chi connectivity index (χ1n) is 9.37. The van der Waals surface area contributed by atoms with Crippen LogP contribution in [0.5, 0.6) is 0 Å². The van der Waals surface area contributed by atoms with E-state index in [4.69, 9.17) is 9.47 Å². The Labute approximate surface area is 170 Å². The van der Waals surface area contributed by atoms with Crippen molar-refractivity contribution in [3.63, 3.8) is 0 Å². The molecule has 1 unspecified atom stereocenters. The summed E-state index contributed by atoms with van der Waals surface area (Å²) in [5, 5.41) is 2.43. The zero-order valence-electron chi connectivity index (χ0n) is 17.7. The van der Waals surface area contributed by atoms with Crippen LogP contribution in [0, 0.1) is 0 Å². The number of hydrogen-bond donors (Lipinski definition) is 1. The molecule has 1 atom stereocenters. The second-order valence-electron chi connectivity index (χ2n) is 8.99. The van der Waals surface area contributed by atoms with Crippen LogP contribution in [0.4, 0.5) is 9.59 Å². The molecule has 1 heterocycles. The standard InChI is InChI=1S/C21H28N2O6/c1-19(2,3)28-17(26)22-21(12-14-10-8-7-9-11-14)15(24)13-23(16(21)25)18(27)29-20(4,5)6/h7-11H,12-13H2,1-6H3,(H,22,26). The summed E-state index contributed by atoms with van der Waals surface area (Å²) in [6.45, 7) is 9.48. The molecule has 3 amide bonds. The van der Waals surface area contributed by atoms with Gasteiger partial charge in [0.05, 0.1) is 6.54 Å². The number of benzene rings is 1. The molecular formula is C21H28N2O6. The van der Waals surface area contributed by atoms with Gasteiger partial charge in [-0.25, -0.2) is 14.5 Å². The topological polar surface area (TPSA) is 102 Å². The molecule has 0 bridgehead atoms. The molecule has 1 aliphatic heterocycles. The molecule has 2 rings (SSSR count). The van der Waals surface area contributed by atoms with Crippen molar-refractivity contribution in [3.8, 4) is 0 Å². The average Bonchev–Trinajstić information content (AvgIpc) is 2.77. The number of nitrogens with zero attached hydrogens (tertiary/aromatic N) is 1. The van der Waals surface area contributed by atoms with Crippen LogP contribution in [0.15, 0.2) is 30.3 Å². The Morgan fingerprint density at radius 3 is 2.07 bits per heavy atom. The first kappa shape index (κ1) is 22.4. The molecule has 0 spiro atoms. The number of ketones is 1. The van der Waals surface area contributed by atoms with Crippen molar-refractivity contribution in [2.45, 2.75) is 64.7 Å². The first-order chi connectivity index (χ1) is 13.2. The largest absolute Gasteiger partial charge is 0.444 e. The number of imide groups is 1. The molecule has 1 saturated heterocycles. The van der Waals surface area contributed by atoms with Crippen molar-refractivity contribution in [1.82, 2.24) is 10.2 Å². The van der Waals surface area contributed by atoms with Crippen molar-refractivity contribution in [2.24, 2.45) is 0 Å². The van der Waals surface area contributed by atoms with E-state index < -0.39 is 47.2 Å². The Balaban J connectivity index is 2.38. The summed E-state index contributed by atoms with van der Waals surface area (Å²) >= 11 is 0. The molecule has 0 radical (unpaired) electrons. The predicted molar refractivity (Wildman–Crippen MR) is 105 cm³/mol. The van der Waals surface area contributed by atoms with Crippen LogP contribution in [0.25, 0.3) is 0 Å². The van der Waals surface area contributed by atoms with Crippen molar-refractivity contribution in [3.05, 3.63) is 35.9 Å². The number of carbonyl (C=O) groups is 4. The van der Waals surface area contributed by atoms with Crippen LogP contribution in [0.3, 0.4) is 0 Å². The third-order valence-corrected chi connectivity index (χ3v) is 4.03. The molecule has 1 aromatic carbocycles. The highest BCUT2D eigenvalue weighted by Gasteiger charge is 2.57. The highest BCUT2D eigenvalue weighted by atomic mass is 16.6. The molecule has 1 aliphatic rings. The number of hydrogen-bond acceptors (Lipinski definition) is 6. The smallest absolute Gasteiger partial charge is 0.417 e. The summed E-state index contributed by atoms with van der Waals surface area (Å²) in [5.74, 6) is -1.45. The third kappa shape index (κ3) is 5.56. The van der Waals surface area contributed by atoms with E-state index in [1.165, 1.54) is 0 Å². The van der Waals surface area contributed by atoms with E-state index in [0.717, 1.165) is 4.90 Å². The molecule has 0 aromatic heterocycles. The van der Waals surface area contributed by atoms with Crippen LogP contribution in [0.1, 0.15) is 47.1 Å². The van der Waals surface area contributed by atoms with Crippen LogP contribution >= 0.6 is 0 Å². The maximum absolute atomic E-state index is 13.2. The normalized spacial score (nSPS) is 19.9. The van der Waals surface area contributed by atoms with Gasteiger partial charge >= 0.3 is 12.2 Å². The number of nitrogens with one attached hydrogen (secondary N) is 1. The highest BCUT2D eigenvalue weighted by molar-refractivity contribution is 6.22. The molecule has 158 valence electrons. The highest BCUT2D eigenvalue weighted by Crippen LogP contribution is 2.27. The SMILES string of the molecule is CC(C)(C)OC(=O)NC1(Cc2ccccc2)C(=O)CN(C(=O)OC(C)(C)C)C1=O. The van der Waals surface area contributed by atoms with Crippen LogP contribution < -0.4 is 5.32 Å². The molecule has 29 heavy (non-hydrogen) atoms. The zero-order chi connectivity index (χ0) is 22.0. The molecule has 0 aliphatic carbocycles. The van der Waals surface area contributed by atoms with Gasteiger partial charge in [0.2, 0.25) is 0 Å². The Hall–Kier alpha value is -2.90. The van der Waals surface area contributed by atoms with Crippen molar-refractivity contribution >= 4 is 23.9 Å². The molecular weight excluding hydrogens is 376 g/mol. The summed E-state index contributed by atoms with van der Waals surface area (Å²) in [6, 6.07) is 8.77. The number of Topliss-reactive ketones (excluding diaryl/α,β-unsaturated/α-hetero) is 1. The number of alkyl carbamates (subject to hydrolysis) is 1. The lowest BCUT2D eigenvalue weighted by Crippen LogP contribution is -2.60. The van der Waals surface area contributed by atoms with Gasteiger partial charge in [-0.15, -0.1) is 0 Å². The van der Waals surface area contributed by atoms with Gasteiger partial charge in [0.15, 0.2) is 11.3 Å². The second-order valence-corrected chi connectivity index (χ2v) is 8.99. The van der Waals surface area contributed by atoms with Crippen LogP contribution in [0.2, 0.25) is 0 Å². The van der Waals surface area contributed by atoms with Gasteiger partial charge in [-0.2, -0.15) is 0 Å². The first-order valence-corrected chi connectivity index (χ1v) is 9.37. The third-order valence-electron chi connectivity index (χ3n) is 4.03.